The maximum absolute atomic E-state index is 4.17. The minimum Gasteiger partial charge on any atom is -0.263 e. The van der Waals surface area contributed by atoms with Gasteiger partial charge in [0.15, 0.2) is 0 Å². The van der Waals surface area contributed by atoms with Gasteiger partial charge in [-0.2, -0.15) is 0 Å². The molecule has 1 aromatic carbocycles. The van der Waals surface area contributed by atoms with Gasteiger partial charge in [0.2, 0.25) is 0 Å². The molecule has 2 heteroatoms. The van der Waals surface area contributed by atoms with E-state index in [1.54, 1.807) is 0 Å². The van der Waals surface area contributed by atoms with Gasteiger partial charge in [0, 0.05) is 22.4 Å². The van der Waals surface area contributed by atoms with E-state index in [4.69, 9.17) is 0 Å². The Labute approximate surface area is 105 Å². The molecule has 0 aliphatic rings. The van der Waals surface area contributed by atoms with Crippen molar-refractivity contribution >= 4 is 15.9 Å². The quantitative estimate of drug-likeness (QED) is 0.750. The minimum absolute atomic E-state index is 1.06. The summed E-state index contributed by atoms with van der Waals surface area (Å²) in [6.45, 7) is 6.35. The van der Waals surface area contributed by atoms with Gasteiger partial charge >= 0.3 is 0 Å². The number of halogens is 1. The lowest BCUT2D eigenvalue weighted by atomic mass is 9.97. The van der Waals surface area contributed by atoms with Crippen LogP contribution in [0.4, 0.5) is 0 Å². The predicted molar refractivity (Wildman–Crippen MR) is 71.6 cm³/mol. The molecule has 0 unspecified atom stereocenters. The van der Waals surface area contributed by atoms with Crippen molar-refractivity contribution < 1.29 is 0 Å². The van der Waals surface area contributed by atoms with Crippen LogP contribution in [0.25, 0.3) is 11.1 Å². The first kappa shape index (κ1) is 11.3. The van der Waals surface area contributed by atoms with Crippen molar-refractivity contribution in [2.75, 3.05) is 0 Å². The monoisotopic (exact) mass is 275 g/mol. The molecule has 0 fully saturated rings. The summed E-state index contributed by atoms with van der Waals surface area (Å²) in [7, 11) is 0. The van der Waals surface area contributed by atoms with Gasteiger partial charge in [0.05, 0.1) is 0 Å². The topological polar surface area (TPSA) is 12.9 Å². The molecule has 0 amide bonds. The van der Waals surface area contributed by atoms with Crippen LogP contribution in [0.2, 0.25) is 0 Å². The van der Waals surface area contributed by atoms with Crippen molar-refractivity contribution in [3.8, 4) is 11.1 Å². The zero-order chi connectivity index (χ0) is 11.7. The first-order chi connectivity index (χ1) is 7.59. The summed E-state index contributed by atoms with van der Waals surface area (Å²) in [5.74, 6) is 0. The molecule has 0 N–H and O–H groups in total. The first-order valence-electron chi connectivity index (χ1n) is 5.27. The molecule has 82 valence electrons. The van der Waals surface area contributed by atoms with E-state index >= 15 is 0 Å². The van der Waals surface area contributed by atoms with Gasteiger partial charge in [-0.1, -0.05) is 23.8 Å². The SMILES string of the molecule is Cc1ccc(-c2c(C)cncc2Br)c(C)c1. The van der Waals surface area contributed by atoms with E-state index in [0.29, 0.717) is 0 Å². The predicted octanol–water partition coefficient (Wildman–Crippen LogP) is 4.44. The van der Waals surface area contributed by atoms with Crippen LogP contribution >= 0.6 is 15.9 Å². The molecule has 0 saturated carbocycles. The Balaban J connectivity index is 2.68. The van der Waals surface area contributed by atoms with Gasteiger partial charge in [0.1, 0.15) is 0 Å². The second kappa shape index (κ2) is 4.38. The fourth-order valence-electron chi connectivity index (χ4n) is 1.97. The molecule has 0 aliphatic carbocycles. The van der Waals surface area contributed by atoms with Crippen molar-refractivity contribution in [2.45, 2.75) is 20.8 Å². The Hall–Kier alpha value is -1.15. The van der Waals surface area contributed by atoms with Crippen molar-refractivity contribution in [1.29, 1.82) is 0 Å². The third-order valence-electron chi connectivity index (χ3n) is 2.74. The maximum Gasteiger partial charge on any atom is 0.0439 e. The fraction of sp³-hybridized carbons (Fsp3) is 0.214. The smallest absolute Gasteiger partial charge is 0.0439 e. The van der Waals surface area contributed by atoms with Gasteiger partial charge in [0.25, 0.3) is 0 Å². The van der Waals surface area contributed by atoms with Crippen LogP contribution in [0, 0.1) is 20.8 Å². The maximum atomic E-state index is 4.17. The lowest BCUT2D eigenvalue weighted by Gasteiger charge is -2.11. The number of benzene rings is 1. The second-order valence-electron chi connectivity index (χ2n) is 4.13. The van der Waals surface area contributed by atoms with Crippen molar-refractivity contribution in [3.63, 3.8) is 0 Å². The van der Waals surface area contributed by atoms with Gasteiger partial charge in [-0.15, -0.1) is 0 Å². The molecule has 1 heterocycles. The largest absolute Gasteiger partial charge is 0.263 e. The van der Waals surface area contributed by atoms with Gasteiger partial charge in [-0.25, -0.2) is 0 Å². The Morgan fingerprint density at radius 2 is 1.75 bits per heavy atom. The molecule has 0 spiro atoms. The Kier molecular flexibility index (Phi) is 3.10. The summed E-state index contributed by atoms with van der Waals surface area (Å²) < 4.78 is 1.06. The molecule has 1 nitrogen and oxygen atoms in total. The standard InChI is InChI=1S/C14H14BrN/c1-9-4-5-12(10(2)6-9)14-11(3)7-16-8-13(14)15/h4-8H,1-3H3. The summed E-state index contributed by atoms with van der Waals surface area (Å²) in [6, 6.07) is 6.54. The average Bonchev–Trinajstić information content (AvgIpc) is 2.20. The highest BCUT2D eigenvalue weighted by molar-refractivity contribution is 9.10. The highest BCUT2D eigenvalue weighted by Gasteiger charge is 2.09. The number of nitrogens with zero attached hydrogens (tertiary/aromatic N) is 1. The zero-order valence-electron chi connectivity index (χ0n) is 9.71. The van der Waals surface area contributed by atoms with Crippen LogP contribution in [0.3, 0.4) is 0 Å². The fourth-order valence-corrected chi connectivity index (χ4v) is 2.61. The van der Waals surface area contributed by atoms with E-state index in [2.05, 4.69) is 59.9 Å². The van der Waals surface area contributed by atoms with E-state index in [0.717, 1.165) is 4.47 Å². The highest BCUT2D eigenvalue weighted by atomic mass is 79.9. The molecule has 2 aromatic rings. The molecule has 0 radical (unpaired) electrons. The van der Waals surface area contributed by atoms with E-state index in [1.165, 1.54) is 27.8 Å². The van der Waals surface area contributed by atoms with E-state index in [1.807, 2.05) is 12.4 Å². The molecule has 0 bridgehead atoms. The van der Waals surface area contributed by atoms with Crippen LogP contribution in [0.5, 0.6) is 0 Å². The molecule has 1 aromatic heterocycles. The molecule has 2 rings (SSSR count). The lowest BCUT2D eigenvalue weighted by Crippen LogP contribution is -1.90. The van der Waals surface area contributed by atoms with Crippen LogP contribution in [0.15, 0.2) is 35.1 Å². The van der Waals surface area contributed by atoms with Gasteiger partial charge in [-0.05, 0) is 53.4 Å². The minimum atomic E-state index is 1.06. The summed E-state index contributed by atoms with van der Waals surface area (Å²) in [5, 5.41) is 0. The van der Waals surface area contributed by atoms with Gasteiger partial charge in [-0.3, -0.25) is 4.98 Å². The summed E-state index contributed by atoms with van der Waals surface area (Å²) in [6.07, 6.45) is 3.75. The van der Waals surface area contributed by atoms with Crippen LogP contribution < -0.4 is 0 Å². The second-order valence-corrected chi connectivity index (χ2v) is 4.99. The third kappa shape index (κ3) is 2.03. The Morgan fingerprint density at radius 3 is 2.38 bits per heavy atom. The first-order valence-corrected chi connectivity index (χ1v) is 6.06. The van der Waals surface area contributed by atoms with Crippen molar-refractivity contribution in [3.05, 3.63) is 51.8 Å². The lowest BCUT2D eigenvalue weighted by molar-refractivity contribution is 1.24. The molecule has 0 atom stereocenters. The van der Waals surface area contributed by atoms with Crippen LogP contribution in [-0.4, -0.2) is 4.98 Å². The summed E-state index contributed by atoms with van der Waals surface area (Å²) >= 11 is 3.57. The summed E-state index contributed by atoms with van der Waals surface area (Å²) in [4.78, 5) is 4.17. The Bertz CT molecular complexity index is 512. The van der Waals surface area contributed by atoms with Crippen molar-refractivity contribution in [2.24, 2.45) is 0 Å². The number of hydrogen-bond acceptors (Lipinski definition) is 1. The van der Waals surface area contributed by atoms with Crippen LogP contribution in [0.1, 0.15) is 16.7 Å². The molecular weight excluding hydrogens is 262 g/mol. The molecule has 16 heavy (non-hydrogen) atoms. The van der Waals surface area contributed by atoms with E-state index < -0.39 is 0 Å². The van der Waals surface area contributed by atoms with E-state index in [9.17, 15) is 0 Å². The highest BCUT2D eigenvalue weighted by Crippen LogP contribution is 2.32. The molecule has 0 aliphatic heterocycles. The number of aryl methyl sites for hydroxylation is 3. The summed E-state index contributed by atoms with van der Waals surface area (Å²) in [5.41, 5.74) is 6.31. The van der Waals surface area contributed by atoms with Gasteiger partial charge < -0.3 is 0 Å². The Morgan fingerprint density at radius 1 is 1.00 bits per heavy atom. The van der Waals surface area contributed by atoms with E-state index in [-0.39, 0.29) is 0 Å². The third-order valence-corrected chi connectivity index (χ3v) is 3.34. The van der Waals surface area contributed by atoms with Crippen LogP contribution in [-0.2, 0) is 0 Å². The van der Waals surface area contributed by atoms with Crippen molar-refractivity contribution in [1.82, 2.24) is 4.98 Å². The number of hydrogen-bond donors (Lipinski definition) is 0. The average molecular weight is 276 g/mol. The number of pyridine rings is 1. The normalized spacial score (nSPS) is 10.5. The molecule has 0 saturated heterocycles. The zero-order valence-corrected chi connectivity index (χ0v) is 11.3. The number of rotatable bonds is 1. The number of aromatic nitrogens is 1. The molecular formula is C14H14BrN.